The number of fused-ring (bicyclic) bond motifs is 1. The zero-order chi connectivity index (χ0) is 21.1. The normalized spacial score (nSPS) is 11.0. The predicted molar refractivity (Wildman–Crippen MR) is 122 cm³/mol. The lowest BCUT2D eigenvalue weighted by Gasteiger charge is -2.11. The van der Waals surface area contributed by atoms with Crippen molar-refractivity contribution < 1.29 is 9.53 Å². The zero-order valence-corrected chi connectivity index (χ0v) is 18.2. The quantitative estimate of drug-likeness (QED) is 0.229. The third-order valence-electron chi connectivity index (χ3n) is 4.96. The van der Waals surface area contributed by atoms with Crippen LogP contribution in [0.4, 0.5) is 0 Å². The molecule has 0 saturated heterocycles. The van der Waals surface area contributed by atoms with Gasteiger partial charge in [0.2, 0.25) is 0 Å². The molecule has 3 aromatic carbocycles. The molecule has 4 rings (SSSR count). The number of aromatic nitrogens is 2. The summed E-state index contributed by atoms with van der Waals surface area (Å²) in [6.07, 6.45) is 0. The first-order chi connectivity index (χ1) is 14.5. The van der Waals surface area contributed by atoms with Gasteiger partial charge in [-0.3, -0.25) is 4.79 Å². The Balaban J connectivity index is 1.55. The van der Waals surface area contributed by atoms with Crippen LogP contribution in [0.2, 0.25) is 0 Å². The largest absolute Gasteiger partial charge is 0.426 e. The van der Waals surface area contributed by atoms with E-state index in [0.717, 1.165) is 27.3 Å². The van der Waals surface area contributed by atoms with E-state index in [0.29, 0.717) is 12.3 Å². The second-order valence-electron chi connectivity index (χ2n) is 7.48. The Labute approximate surface area is 180 Å². The summed E-state index contributed by atoms with van der Waals surface area (Å²) in [5.41, 5.74) is 6.61. The molecule has 152 valence electrons. The Morgan fingerprint density at radius 2 is 1.67 bits per heavy atom. The molecule has 1 aromatic heterocycles. The van der Waals surface area contributed by atoms with E-state index in [-0.39, 0.29) is 11.7 Å². The van der Waals surface area contributed by atoms with Crippen molar-refractivity contribution in [3.05, 3.63) is 89.0 Å². The Kier molecular flexibility index (Phi) is 5.91. The van der Waals surface area contributed by atoms with Crippen molar-refractivity contribution in [3.8, 4) is 5.75 Å². The van der Waals surface area contributed by atoms with E-state index >= 15 is 0 Å². The van der Waals surface area contributed by atoms with Crippen LogP contribution in [0.25, 0.3) is 11.0 Å². The first-order valence-electron chi connectivity index (χ1n) is 9.91. The first-order valence-corrected chi connectivity index (χ1v) is 10.9. The molecule has 0 bridgehead atoms. The molecule has 1 heterocycles. The number of nitrogens with zero attached hydrogens (tertiary/aromatic N) is 2. The molecule has 0 aliphatic heterocycles. The number of carbonyl (C=O) groups is 1. The van der Waals surface area contributed by atoms with Crippen LogP contribution < -0.4 is 4.74 Å². The highest BCUT2D eigenvalue weighted by Crippen LogP contribution is 2.26. The fourth-order valence-corrected chi connectivity index (χ4v) is 4.34. The Hall–Kier alpha value is -3.05. The molecule has 0 atom stereocenters. The van der Waals surface area contributed by atoms with Crippen LogP contribution in [0, 0.1) is 20.8 Å². The van der Waals surface area contributed by atoms with Crippen molar-refractivity contribution in [2.24, 2.45) is 0 Å². The number of benzene rings is 3. The van der Waals surface area contributed by atoms with E-state index in [9.17, 15) is 4.79 Å². The van der Waals surface area contributed by atoms with Gasteiger partial charge in [0.15, 0.2) is 5.16 Å². The summed E-state index contributed by atoms with van der Waals surface area (Å²) in [7, 11) is 0. The molecule has 4 aromatic rings. The van der Waals surface area contributed by atoms with E-state index < -0.39 is 0 Å². The average molecular weight is 417 g/mol. The second kappa shape index (κ2) is 8.76. The van der Waals surface area contributed by atoms with Crippen LogP contribution in [0.15, 0.2) is 71.9 Å². The zero-order valence-electron chi connectivity index (χ0n) is 17.4. The van der Waals surface area contributed by atoms with E-state index in [2.05, 4.69) is 41.8 Å². The van der Waals surface area contributed by atoms with Crippen LogP contribution >= 0.6 is 11.8 Å². The fraction of sp³-hybridized carbons (Fsp3) is 0.200. The van der Waals surface area contributed by atoms with Gasteiger partial charge in [-0.1, -0.05) is 54.2 Å². The molecule has 0 unspecified atom stereocenters. The number of ether oxygens (including phenoxy) is 1. The summed E-state index contributed by atoms with van der Waals surface area (Å²) < 4.78 is 7.73. The third kappa shape index (κ3) is 4.57. The molecule has 0 aliphatic rings. The third-order valence-corrected chi connectivity index (χ3v) is 5.91. The van der Waals surface area contributed by atoms with Gasteiger partial charge in [-0.15, -0.1) is 0 Å². The predicted octanol–water partition coefficient (Wildman–Crippen LogP) is 5.71. The average Bonchev–Trinajstić information content (AvgIpc) is 3.05. The first kappa shape index (κ1) is 20.2. The van der Waals surface area contributed by atoms with Crippen molar-refractivity contribution >= 4 is 28.8 Å². The lowest BCUT2D eigenvalue weighted by Crippen LogP contribution is -2.12. The molecule has 0 amide bonds. The summed E-state index contributed by atoms with van der Waals surface area (Å²) in [6, 6.07) is 22.2. The SMILES string of the molecule is Cc1cc(C)cc(OC(=O)CSc2nc3ccccc3n2Cc2ccccc2C)c1. The maximum atomic E-state index is 12.5. The number of thioether (sulfide) groups is 1. The molecule has 4 nitrogen and oxygen atoms in total. The van der Waals surface area contributed by atoms with Gasteiger partial charge in [-0.05, 0) is 67.3 Å². The van der Waals surface area contributed by atoms with Gasteiger partial charge >= 0.3 is 5.97 Å². The van der Waals surface area contributed by atoms with Crippen LogP contribution in [0.3, 0.4) is 0 Å². The van der Waals surface area contributed by atoms with Crippen molar-refractivity contribution in [2.75, 3.05) is 5.75 Å². The number of esters is 1. The summed E-state index contributed by atoms with van der Waals surface area (Å²) >= 11 is 1.41. The van der Waals surface area contributed by atoms with Crippen molar-refractivity contribution in [3.63, 3.8) is 0 Å². The van der Waals surface area contributed by atoms with E-state index in [1.165, 1.54) is 22.9 Å². The van der Waals surface area contributed by atoms with E-state index in [4.69, 9.17) is 9.72 Å². The molecule has 5 heteroatoms. The van der Waals surface area contributed by atoms with Crippen molar-refractivity contribution in [1.29, 1.82) is 0 Å². The van der Waals surface area contributed by atoms with Gasteiger partial charge in [0.1, 0.15) is 5.75 Å². The van der Waals surface area contributed by atoms with Crippen LogP contribution in [0.5, 0.6) is 5.75 Å². The maximum absolute atomic E-state index is 12.5. The highest BCUT2D eigenvalue weighted by atomic mass is 32.2. The minimum atomic E-state index is -0.278. The topological polar surface area (TPSA) is 44.1 Å². The van der Waals surface area contributed by atoms with Crippen LogP contribution in [-0.2, 0) is 11.3 Å². The highest BCUT2D eigenvalue weighted by Gasteiger charge is 2.15. The summed E-state index contributed by atoms with van der Waals surface area (Å²) in [6.45, 7) is 6.81. The summed E-state index contributed by atoms with van der Waals surface area (Å²) in [4.78, 5) is 17.2. The highest BCUT2D eigenvalue weighted by molar-refractivity contribution is 7.99. The molecule has 0 N–H and O–H groups in total. The molecule has 0 radical (unpaired) electrons. The Morgan fingerprint density at radius 1 is 0.967 bits per heavy atom. The molecule has 0 fully saturated rings. The minimum absolute atomic E-state index is 0.198. The van der Waals surface area contributed by atoms with Crippen molar-refractivity contribution in [2.45, 2.75) is 32.5 Å². The second-order valence-corrected chi connectivity index (χ2v) is 8.42. The molecule has 0 aliphatic carbocycles. The van der Waals surface area contributed by atoms with Gasteiger partial charge in [-0.2, -0.15) is 0 Å². The molecule has 0 spiro atoms. The fourth-order valence-electron chi connectivity index (χ4n) is 3.55. The number of rotatable bonds is 6. The van der Waals surface area contributed by atoms with Crippen LogP contribution in [0.1, 0.15) is 22.3 Å². The lowest BCUT2D eigenvalue weighted by molar-refractivity contribution is -0.131. The van der Waals surface area contributed by atoms with Gasteiger partial charge in [0.05, 0.1) is 23.3 Å². The smallest absolute Gasteiger partial charge is 0.321 e. The number of para-hydroxylation sites is 2. The van der Waals surface area contributed by atoms with E-state index in [1.807, 2.05) is 50.2 Å². The number of hydrogen-bond acceptors (Lipinski definition) is 4. The monoisotopic (exact) mass is 416 g/mol. The van der Waals surface area contributed by atoms with E-state index in [1.54, 1.807) is 0 Å². The number of carbonyl (C=O) groups excluding carboxylic acids is 1. The van der Waals surface area contributed by atoms with Gasteiger partial charge < -0.3 is 9.30 Å². The van der Waals surface area contributed by atoms with Crippen LogP contribution in [-0.4, -0.2) is 21.3 Å². The number of hydrogen-bond donors (Lipinski definition) is 0. The standard InChI is InChI=1S/C25H24N2O2S/c1-17-12-18(2)14-21(13-17)29-24(28)16-30-25-26-22-10-6-7-11-23(22)27(25)15-20-9-5-4-8-19(20)3/h4-14H,15-16H2,1-3H3. The van der Waals surface area contributed by atoms with Gasteiger partial charge in [0.25, 0.3) is 0 Å². The van der Waals surface area contributed by atoms with Gasteiger partial charge in [0, 0.05) is 0 Å². The molecule has 0 saturated carbocycles. The molecular formula is C25H24N2O2S. The number of imidazole rings is 1. The molecular weight excluding hydrogens is 392 g/mol. The number of aryl methyl sites for hydroxylation is 3. The Morgan fingerprint density at radius 3 is 2.43 bits per heavy atom. The summed E-state index contributed by atoms with van der Waals surface area (Å²) in [5, 5.41) is 0.817. The van der Waals surface area contributed by atoms with Crippen molar-refractivity contribution in [1.82, 2.24) is 9.55 Å². The molecule has 30 heavy (non-hydrogen) atoms. The van der Waals surface area contributed by atoms with Gasteiger partial charge in [-0.25, -0.2) is 4.98 Å². The maximum Gasteiger partial charge on any atom is 0.321 e. The summed E-state index contributed by atoms with van der Waals surface area (Å²) in [5.74, 6) is 0.510. The Bertz CT molecular complexity index is 1190. The minimum Gasteiger partial charge on any atom is -0.426 e. The lowest BCUT2D eigenvalue weighted by atomic mass is 10.1.